The molecule has 0 saturated carbocycles. The van der Waals surface area contributed by atoms with Gasteiger partial charge in [0.05, 0.1) is 6.04 Å². The van der Waals surface area contributed by atoms with Gasteiger partial charge < -0.3 is 15.5 Å². The van der Waals surface area contributed by atoms with Crippen LogP contribution in [-0.4, -0.2) is 52.5 Å². The molecule has 6 nitrogen and oxygen atoms in total. The highest BCUT2D eigenvalue weighted by Gasteiger charge is 2.33. The van der Waals surface area contributed by atoms with Crippen LogP contribution in [0.25, 0.3) is 0 Å². The SMILES string of the molecule is CC1CCc2ncnc(N3CCN(C(=O)[C@H](N)Cc4ccc(I)cc4)C[C@@H]3C)c21. The number of fused-ring (bicyclic) bond motifs is 1. The predicted molar refractivity (Wildman–Crippen MR) is 123 cm³/mol. The molecule has 1 aromatic heterocycles. The van der Waals surface area contributed by atoms with Crippen LogP contribution < -0.4 is 10.6 Å². The molecule has 0 radical (unpaired) electrons. The molecule has 154 valence electrons. The molecule has 0 spiro atoms. The number of carbonyl (C=O) groups is 1. The van der Waals surface area contributed by atoms with E-state index >= 15 is 0 Å². The first-order chi connectivity index (χ1) is 13.9. The molecule has 2 heterocycles. The number of nitrogens with zero attached hydrogens (tertiary/aromatic N) is 4. The third-order valence-corrected chi connectivity index (χ3v) is 6.87. The molecule has 7 heteroatoms. The van der Waals surface area contributed by atoms with E-state index in [2.05, 4.69) is 63.4 Å². The van der Waals surface area contributed by atoms with Crippen molar-refractivity contribution in [2.24, 2.45) is 5.73 Å². The van der Waals surface area contributed by atoms with Crippen LogP contribution in [0.5, 0.6) is 0 Å². The summed E-state index contributed by atoms with van der Waals surface area (Å²) in [4.78, 5) is 26.3. The minimum Gasteiger partial charge on any atom is -0.350 e. The van der Waals surface area contributed by atoms with Crippen LogP contribution in [0.2, 0.25) is 0 Å². The van der Waals surface area contributed by atoms with E-state index in [9.17, 15) is 4.79 Å². The zero-order valence-corrected chi connectivity index (χ0v) is 19.2. The molecule has 1 unspecified atom stereocenters. The molecule has 1 aromatic carbocycles. The minimum absolute atomic E-state index is 0.0383. The Morgan fingerprint density at radius 2 is 2.00 bits per heavy atom. The smallest absolute Gasteiger partial charge is 0.239 e. The van der Waals surface area contributed by atoms with Crippen LogP contribution in [0.4, 0.5) is 5.82 Å². The summed E-state index contributed by atoms with van der Waals surface area (Å²) in [6.07, 6.45) is 4.43. The number of benzene rings is 1. The molecule has 1 aliphatic heterocycles. The third-order valence-electron chi connectivity index (χ3n) is 6.15. The van der Waals surface area contributed by atoms with Gasteiger partial charge in [-0.2, -0.15) is 0 Å². The van der Waals surface area contributed by atoms with Crippen molar-refractivity contribution >= 4 is 34.3 Å². The van der Waals surface area contributed by atoms with E-state index in [-0.39, 0.29) is 11.9 Å². The maximum Gasteiger partial charge on any atom is 0.239 e. The molecular weight excluding hydrogens is 477 g/mol. The van der Waals surface area contributed by atoms with Gasteiger partial charge in [-0.25, -0.2) is 9.97 Å². The molecule has 2 aliphatic rings. The van der Waals surface area contributed by atoms with Crippen LogP contribution in [0.3, 0.4) is 0 Å². The Morgan fingerprint density at radius 3 is 2.72 bits per heavy atom. The number of nitrogens with two attached hydrogens (primary N) is 1. The van der Waals surface area contributed by atoms with E-state index in [0.717, 1.165) is 30.8 Å². The van der Waals surface area contributed by atoms with Gasteiger partial charge in [-0.3, -0.25) is 4.79 Å². The van der Waals surface area contributed by atoms with Crippen molar-refractivity contribution in [3.05, 3.63) is 51.0 Å². The molecular formula is C22H28IN5O. The maximum atomic E-state index is 13.0. The molecule has 2 N–H and O–H groups in total. The first-order valence-corrected chi connectivity index (χ1v) is 11.4. The Morgan fingerprint density at radius 1 is 1.24 bits per heavy atom. The van der Waals surface area contributed by atoms with Gasteiger partial charge in [-0.05, 0) is 72.4 Å². The van der Waals surface area contributed by atoms with E-state index in [4.69, 9.17) is 5.73 Å². The van der Waals surface area contributed by atoms with Gasteiger partial charge in [0.15, 0.2) is 0 Å². The van der Waals surface area contributed by atoms with E-state index in [1.54, 1.807) is 6.33 Å². The van der Waals surface area contributed by atoms with Crippen LogP contribution in [0, 0.1) is 3.57 Å². The summed E-state index contributed by atoms with van der Waals surface area (Å²) in [5.74, 6) is 1.59. The molecule has 29 heavy (non-hydrogen) atoms. The number of anilines is 1. The number of rotatable bonds is 4. The second kappa shape index (κ2) is 8.55. The first-order valence-electron chi connectivity index (χ1n) is 10.3. The van der Waals surface area contributed by atoms with E-state index in [0.29, 0.717) is 25.4 Å². The monoisotopic (exact) mass is 505 g/mol. The van der Waals surface area contributed by atoms with Crippen LogP contribution >= 0.6 is 22.6 Å². The lowest BCUT2D eigenvalue weighted by Gasteiger charge is -2.42. The summed E-state index contributed by atoms with van der Waals surface area (Å²) < 4.78 is 1.18. The number of aryl methyl sites for hydroxylation is 1. The molecule has 2 aromatic rings. The standard InChI is InChI=1S/C22H28IN5O/c1-14-3-8-19-20(14)21(26-13-25-19)28-10-9-27(12-15(28)2)22(29)18(24)11-16-4-6-17(23)7-5-16/h4-7,13-15,18H,3,8-12,24H2,1-2H3/t14?,15-,18+/m0/s1. The topological polar surface area (TPSA) is 75.4 Å². The van der Waals surface area contributed by atoms with Crippen molar-refractivity contribution in [3.63, 3.8) is 0 Å². The Balaban J connectivity index is 1.42. The molecule has 1 aliphatic carbocycles. The fourth-order valence-electron chi connectivity index (χ4n) is 4.52. The largest absolute Gasteiger partial charge is 0.350 e. The quantitative estimate of drug-likeness (QED) is 0.647. The van der Waals surface area contributed by atoms with Gasteiger partial charge in [0, 0.05) is 40.5 Å². The fourth-order valence-corrected chi connectivity index (χ4v) is 4.88. The second-order valence-electron chi connectivity index (χ2n) is 8.26. The average molecular weight is 505 g/mol. The highest BCUT2D eigenvalue weighted by molar-refractivity contribution is 14.1. The Bertz CT molecular complexity index is 887. The predicted octanol–water partition coefficient (Wildman–Crippen LogP) is 2.74. The highest BCUT2D eigenvalue weighted by Crippen LogP contribution is 2.38. The van der Waals surface area contributed by atoms with Crippen molar-refractivity contribution in [2.75, 3.05) is 24.5 Å². The Labute approximate surface area is 186 Å². The lowest BCUT2D eigenvalue weighted by atomic mass is 10.0. The number of amides is 1. The van der Waals surface area contributed by atoms with Crippen molar-refractivity contribution in [1.29, 1.82) is 0 Å². The Kier molecular flexibility index (Phi) is 6.06. The van der Waals surface area contributed by atoms with Gasteiger partial charge in [-0.15, -0.1) is 0 Å². The van der Waals surface area contributed by atoms with E-state index < -0.39 is 6.04 Å². The van der Waals surface area contributed by atoms with Crippen molar-refractivity contribution in [1.82, 2.24) is 14.9 Å². The number of hydrogen-bond acceptors (Lipinski definition) is 5. The van der Waals surface area contributed by atoms with E-state index in [1.165, 1.54) is 14.8 Å². The third kappa shape index (κ3) is 4.26. The molecule has 0 bridgehead atoms. The molecule has 1 amide bonds. The van der Waals surface area contributed by atoms with Crippen molar-refractivity contribution in [2.45, 2.75) is 51.1 Å². The van der Waals surface area contributed by atoms with Gasteiger partial charge in [0.2, 0.25) is 5.91 Å². The number of aromatic nitrogens is 2. The summed E-state index contributed by atoms with van der Waals surface area (Å²) in [7, 11) is 0. The second-order valence-corrected chi connectivity index (χ2v) is 9.51. The number of piperazine rings is 1. The van der Waals surface area contributed by atoms with Gasteiger partial charge in [0.25, 0.3) is 0 Å². The number of halogens is 1. The van der Waals surface area contributed by atoms with E-state index in [1.807, 2.05) is 17.0 Å². The van der Waals surface area contributed by atoms with Gasteiger partial charge in [-0.1, -0.05) is 19.1 Å². The van der Waals surface area contributed by atoms with Crippen LogP contribution in [0.15, 0.2) is 30.6 Å². The molecule has 4 rings (SSSR count). The number of hydrogen-bond donors (Lipinski definition) is 1. The molecule has 3 atom stereocenters. The zero-order chi connectivity index (χ0) is 20.5. The Hall–Kier alpha value is -1.74. The summed E-state index contributed by atoms with van der Waals surface area (Å²) in [5.41, 5.74) is 9.86. The summed E-state index contributed by atoms with van der Waals surface area (Å²) in [6.45, 7) is 6.55. The van der Waals surface area contributed by atoms with Crippen LogP contribution in [0.1, 0.15) is 43.0 Å². The first kappa shape index (κ1) is 20.5. The van der Waals surface area contributed by atoms with Crippen molar-refractivity contribution in [3.8, 4) is 0 Å². The summed E-state index contributed by atoms with van der Waals surface area (Å²) in [6, 6.07) is 7.89. The van der Waals surface area contributed by atoms with Crippen LogP contribution in [-0.2, 0) is 17.6 Å². The normalized spacial score (nSPS) is 22.5. The van der Waals surface area contributed by atoms with Crippen molar-refractivity contribution < 1.29 is 4.79 Å². The number of carbonyl (C=O) groups excluding carboxylic acids is 1. The molecule has 1 fully saturated rings. The molecule has 1 saturated heterocycles. The van der Waals surface area contributed by atoms with Gasteiger partial charge >= 0.3 is 0 Å². The van der Waals surface area contributed by atoms with Gasteiger partial charge in [0.1, 0.15) is 12.1 Å². The summed E-state index contributed by atoms with van der Waals surface area (Å²) in [5, 5.41) is 0. The highest BCUT2D eigenvalue weighted by atomic mass is 127. The minimum atomic E-state index is -0.503. The lowest BCUT2D eigenvalue weighted by molar-refractivity contribution is -0.133. The lowest BCUT2D eigenvalue weighted by Crippen LogP contribution is -2.57. The average Bonchev–Trinajstić information content (AvgIpc) is 3.10. The maximum absolute atomic E-state index is 13.0. The fraction of sp³-hybridized carbons (Fsp3) is 0.500. The summed E-state index contributed by atoms with van der Waals surface area (Å²) >= 11 is 2.28. The zero-order valence-electron chi connectivity index (χ0n) is 17.0.